The minimum atomic E-state index is -0.561. The smallest absolute Gasteiger partial charge is 0.332 e. The van der Waals surface area contributed by atoms with E-state index in [0.717, 1.165) is 30.4 Å². The largest absolute Gasteiger partial charge is 0.350 e. The Balaban J connectivity index is 1.82. The lowest BCUT2D eigenvalue weighted by atomic mass is 9.79. The first-order valence-electron chi connectivity index (χ1n) is 6.36. The summed E-state index contributed by atoms with van der Waals surface area (Å²) in [6.45, 7) is 0. The highest BCUT2D eigenvalue weighted by atomic mass is 16.2. The van der Waals surface area contributed by atoms with Crippen LogP contribution in [-0.2, 0) is 0 Å². The predicted octanol–water partition coefficient (Wildman–Crippen LogP) is 2.39. The summed E-state index contributed by atoms with van der Waals surface area (Å²) < 4.78 is 0. The molecule has 0 heterocycles. The number of carbonyl (C=O) groups excluding carboxylic acids is 1. The number of hydrogen-bond acceptors (Lipinski definition) is 2. The predicted molar refractivity (Wildman–Crippen MR) is 64.1 cm³/mol. The van der Waals surface area contributed by atoms with Gasteiger partial charge < -0.3 is 5.73 Å². The third-order valence-corrected chi connectivity index (χ3v) is 3.94. The van der Waals surface area contributed by atoms with Gasteiger partial charge in [-0.2, -0.15) is 5.10 Å². The summed E-state index contributed by atoms with van der Waals surface area (Å²) in [6, 6.07) is -0.561. The topological polar surface area (TPSA) is 67.5 Å². The van der Waals surface area contributed by atoms with Gasteiger partial charge in [0, 0.05) is 5.71 Å². The van der Waals surface area contributed by atoms with Gasteiger partial charge in [0.2, 0.25) is 0 Å². The molecule has 2 rings (SSSR count). The zero-order valence-corrected chi connectivity index (χ0v) is 9.74. The zero-order valence-electron chi connectivity index (χ0n) is 9.74. The number of nitrogens with one attached hydrogen (secondary N) is 1. The molecule has 0 spiro atoms. The van der Waals surface area contributed by atoms with E-state index in [2.05, 4.69) is 10.5 Å². The number of nitrogens with two attached hydrogens (primary N) is 1. The summed E-state index contributed by atoms with van der Waals surface area (Å²) in [6.07, 6.45) is 10.3. The molecule has 3 N–H and O–H groups in total. The van der Waals surface area contributed by atoms with Gasteiger partial charge in [-0.25, -0.2) is 10.2 Å². The van der Waals surface area contributed by atoms with Crippen LogP contribution in [0.1, 0.15) is 51.4 Å². The number of carbonyl (C=O) groups is 1. The number of urea groups is 1. The van der Waals surface area contributed by atoms with Crippen LogP contribution in [0.25, 0.3) is 0 Å². The second-order valence-electron chi connectivity index (χ2n) is 5.06. The standard InChI is InChI=1S/C12H21N3O/c13-12(16)15-14-11-7-6-10(8-11)9-4-2-1-3-5-9/h9-10H,1-8H2,(H3,13,15,16)/b14-11+. The summed E-state index contributed by atoms with van der Waals surface area (Å²) in [5, 5.41) is 4.06. The average Bonchev–Trinajstić information content (AvgIpc) is 2.76. The van der Waals surface area contributed by atoms with Crippen LogP contribution in [0.2, 0.25) is 0 Å². The Kier molecular flexibility index (Phi) is 3.80. The molecule has 2 amide bonds. The van der Waals surface area contributed by atoms with Crippen LogP contribution in [0.5, 0.6) is 0 Å². The van der Waals surface area contributed by atoms with Crippen molar-refractivity contribution in [3.8, 4) is 0 Å². The number of nitrogens with zero attached hydrogens (tertiary/aromatic N) is 1. The van der Waals surface area contributed by atoms with Gasteiger partial charge in [0.1, 0.15) is 0 Å². The van der Waals surface area contributed by atoms with E-state index in [1.165, 1.54) is 38.5 Å². The highest BCUT2D eigenvalue weighted by Gasteiger charge is 2.29. The third kappa shape index (κ3) is 2.97. The summed E-state index contributed by atoms with van der Waals surface area (Å²) in [5.41, 5.74) is 8.45. The molecule has 0 saturated heterocycles. The van der Waals surface area contributed by atoms with E-state index < -0.39 is 6.03 Å². The van der Waals surface area contributed by atoms with E-state index in [1.807, 2.05) is 0 Å². The van der Waals surface area contributed by atoms with Gasteiger partial charge in [0.05, 0.1) is 0 Å². The molecule has 0 radical (unpaired) electrons. The van der Waals surface area contributed by atoms with Crippen molar-refractivity contribution in [2.45, 2.75) is 51.4 Å². The zero-order chi connectivity index (χ0) is 11.4. The van der Waals surface area contributed by atoms with Crippen molar-refractivity contribution in [2.24, 2.45) is 22.7 Å². The normalized spacial score (nSPS) is 29.5. The fourth-order valence-electron chi connectivity index (χ4n) is 3.10. The van der Waals surface area contributed by atoms with E-state index in [-0.39, 0.29) is 0 Å². The molecule has 0 aromatic carbocycles. The first kappa shape index (κ1) is 11.4. The van der Waals surface area contributed by atoms with Crippen LogP contribution in [0.15, 0.2) is 5.10 Å². The molecule has 90 valence electrons. The van der Waals surface area contributed by atoms with Gasteiger partial charge in [-0.15, -0.1) is 0 Å². The maximum Gasteiger partial charge on any atom is 0.332 e. The average molecular weight is 223 g/mol. The van der Waals surface area contributed by atoms with Crippen molar-refractivity contribution in [3.05, 3.63) is 0 Å². The molecule has 0 aromatic heterocycles. The van der Waals surface area contributed by atoms with Crippen LogP contribution in [0.4, 0.5) is 4.79 Å². The molecule has 4 nitrogen and oxygen atoms in total. The first-order chi connectivity index (χ1) is 7.75. The lowest BCUT2D eigenvalue weighted by Crippen LogP contribution is -2.25. The van der Waals surface area contributed by atoms with Crippen LogP contribution in [0, 0.1) is 11.8 Å². The molecular formula is C12H21N3O. The second kappa shape index (κ2) is 5.32. The molecule has 2 aliphatic carbocycles. The molecule has 1 unspecified atom stereocenters. The van der Waals surface area contributed by atoms with Gasteiger partial charge >= 0.3 is 6.03 Å². The molecule has 2 fully saturated rings. The molecule has 4 heteroatoms. The van der Waals surface area contributed by atoms with Gasteiger partial charge in [0.25, 0.3) is 0 Å². The lowest BCUT2D eigenvalue weighted by molar-refractivity contribution is 0.249. The maximum atomic E-state index is 10.5. The second-order valence-corrected chi connectivity index (χ2v) is 5.06. The number of amides is 2. The minimum Gasteiger partial charge on any atom is -0.350 e. The Morgan fingerprint density at radius 1 is 1.19 bits per heavy atom. The quantitative estimate of drug-likeness (QED) is 0.693. The third-order valence-electron chi connectivity index (χ3n) is 3.94. The summed E-state index contributed by atoms with van der Waals surface area (Å²) in [4.78, 5) is 10.5. The Hall–Kier alpha value is -1.06. The lowest BCUT2D eigenvalue weighted by Gasteiger charge is -2.26. The fourth-order valence-corrected chi connectivity index (χ4v) is 3.10. The molecule has 0 aromatic rings. The fraction of sp³-hybridized carbons (Fsp3) is 0.833. The van der Waals surface area contributed by atoms with E-state index in [0.29, 0.717) is 0 Å². The SMILES string of the molecule is NC(=O)N/N=C1\CCC(C2CCCCC2)C1. The maximum absolute atomic E-state index is 10.5. The Bertz CT molecular complexity index is 282. The van der Waals surface area contributed by atoms with Crippen LogP contribution >= 0.6 is 0 Å². The van der Waals surface area contributed by atoms with Crippen molar-refractivity contribution < 1.29 is 4.79 Å². The van der Waals surface area contributed by atoms with Gasteiger partial charge in [-0.3, -0.25) is 0 Å². The highest BCUT2D eigenvalue weighted by molar-refractivity contribution is 5.87. The number of hydrogen-bond donors (Lipinski definition) is 2. The minimum absolute atomic E-state index is 0.561. The Morgan fingerprint density at radius 3 is 2.62 bits per heavy atom. The van der Waals surface area contributed by atoms with Gasteiger partial charge in [-0.1, -0.05) is 32.1 Å². The van der Waals surface area contributed by atoms with Gasteiger partial charge in [-0.05, 0) is 31.1 Å². The summed E-state index contributed by atoms with van der Waals surface area (Å²) in [7, 11) is 0. The van der Waals surface area contributed by atoms with Crippen molar-refractivity contribution in [1.29, 1.82) is 0 Å². The molecule has 2 saturated carbocycles. The molecule has 16 heavy (non-hydrogen) atoms. The number of rotatable bonds is 2. The molecule has 0 aliphatic heterocycles. The molecular weight excluding hydrogens is 202 g/mol. The van der Waals surface area contributed by atoms with Gasteiger partial charge in [0.15, 0.2) is 0 Å². The summed E-state index contributed by atoms with van der Waals surface area (Å²) >= 11 is 0. The molecule has 2 aliphatic rings. The van der Waals surface area contributed by atoms with Crippen LogP contribution < -0.4 is 11.2 Å². The van der Waals surface area contributed by atoms with E-state index in [1.54, 1.807) is 0 Å². The molecule has 0 bridgehead atoms. The van der Waals surface area contributed by atoms with E-state index >= 15 is 0 Å². The monoisotopic (exact) mass is 223 g/mol. The van der Waals surface area contributed by atoms with E-state index in [9.17, 15) is 4.79 Å². The summed E-state index contributed by atoms with van der Waals surface area (Å²) in [5.74, 6) is 1.70. The van der Waals surface area contributed by atoms with Crippen molar-refractivity contribution in [2.75, 3.05) is 0 Å². The van der Waals surface area contributed by atoms with E-state index in [4.69, 9.17) is 5.73 Å². The molecule has 1 atom stereocenters. The Labute approximate surface area is 96.7 Å². The first-order valence-corrected chi connectivity index (χ1v) is 6.36. The van der Waals surface area contributed by atoms with Crippen molar-refractivity contribution in [3.63, 3.8) is 0 Å². The van der Waals surface area contributed by atoms with Crippen LogP contribution in [-0.4, -0.2) is 11.7 Å². The number of primary amides is 1. The number of hydrazone groups is 1. The highest BCUT2D eigenvalue weighted by Crippen LogP contribution is 2.38. The van der Waals surface area contributed by atoms with Crippen molar-refractivity contribution in [1.82, 2.24) is 5.43 Å². The van der Waals surface area contributed by atoms with Crippen molar-refractivity contribution >= 4 is 11.7 Å². The van der Waals surface area contributed by atoms with Crippen LogP contribution in [0.3, 0.4) is 0 Å². The Morgan fingerprint density at radius 2 is 1.94 bits per heavy atom.